The summed E-state index contributed by atoms with van der Waals surface area (Å²) in [7, 11) is 0. The molecule has 0 aromatic carbocycles. The predicted molar refractivity (Wildman–Crippen MR) is 68.8 cm³/mol. The minimum atomic E-state index is -0.0690. The Balaban J connectivity index is 2.31. The van der Waals surface area contributed by atoms with Crippen molar-refractivity contribution in [3.63, 3.8) is 0 Å². The summed E-state index contributed by atoms with van der Waals surface area (Å²) in [4.78, 5) is 13.2. The Hall–Kier alpha value is -1.19. The van der Waals surface area contributed by atoms with Gasteiger partial charge in [-0.25, -0.2) is 4.98 Å². The van der Waals surface area contributed by atoms with Crippen molar-refractivity contribution in [3.8, 4) is 0 Å². The molecule has 0 bridgehead atoms. The summed E-state index contributed by atoms with van der Waals surface area (Å²) in [5, 5.41) is 0. The number of anilines is 1. The van der Waals surface area contributed by atoms with Gasteiger partial charge < -0.3 is 5.73 Å². The van der Waals surface area contributed by atoms with Gasteiger partial charge in [-0.05, 0) is 12.8 Å². The van der Waals surface area contributed by atoms with Crippen LogP contribution in [0.1, 0.15) is 70.4 Å². The third-order valence-electron chi connectivity index (χ3n) is 3.31. The topological polar surface area (TPSA) is 64.7 Å². The highest BCUT2D eigenvalue weighted by atomic mass is 15.1. The number of nitrogens with two attached hydrogens (primary N) is 1. The van der Waals surface area contributed by atoms with Crippen LogP contribution in [0, 0.1) is 0 Å². The van der Waals surface area contributed by atoms with Gasteiger partial charge in [0.25, 0.3) is 0 Å². The molecule has 1 aliphatic rings. The van der Waals surface area contributed by atoms with E-state index in [0.717, 1.165) is 11.6 Å². The Kier molecular flexibility index (Phi) is 3.31. The smallest absolute Gasteiger partial charge is 0.223 e. The molecule has 1 saturated carbocycles. The summed E-state index contributed by atoms with van der Waals surface area (Å²) in [6, 6.07) is 0. The van der Waals surface area contributed by atoms with E-state index in [0.29, 0.717) is 11.9 Å². The maximum absolute atomic E-state index is 5.80. The number of nitrogens with zero attached hydrogens (tertiary/aromatic N) is 3. The maximum Gasteiger partial charge on any atom is 0.223 e. The summed E-state index contributed by atoms with van der Waals surface area (Å²) in [5.41, 5.74) is 5.73. The van der Waals surface area contributed by atoms with Crippen LogP contribution in [0.3, 0.4) is 0 Å². The molecule has 94 valence electrons. The summed E-state index contributed by atoms with van der Waals surface area (Å²) in [6.45, 7) is 6.31. The first-order valence-electron chi connectivity index (χ1n) is 6.49. The van der Waals surface area contributed by atoms with E-state index < -0.39 is 0 Å². The molecule has 4 heteroatoms. The molecule has 2 rings (SSSR count). The molecule has 0 atom stereocenters. The normalized spacial score (nSPS) is 18.3. The van der Waals surface area contributed by atoms with Crippen molar-refractivity contribution in [1.29, 1.82) is 0 Å². The highest BCUT2D eigenvalue weighted by Crippen LogP contribution is 2.31. The molecule has 0 spiro atoms. The molecular formula is C13H22N4. The van der Waals surface area contributed by atoms with Crippen molar-refractivity contribution < 1.29 is 0 Å². The SMILES string of the molecule is CC(C)(C)c1nc(N)nc(C2CCCCC2)n1. The first-order valence-corrected chi connectivity index (χ1v) is 6.49. The van der Waals surface area contributed by atoms with E-state index >= 15 is 0 Å². The number of hydrogen-bond donors (Lipinski definition) is 1. The molecule has 4 nitrogen and oxygen atoms in total. The van der Waals surface area contributed by atoms with Gasteiger partial charge >= 0.3 is 0 Å². The Morgan fingerprint density at radius 1 is 1.00 bits per heavy atom. The van der Waals surface area contributed by atoms with E-state index in [1.165, 1.54) is 32.1 Å². The van der Waals surface area contributed by atoms with Crippen molar-refractivity contribution in [2.24, 2.45) is 0 Å². The zero-order valence-electron chi connectivity index (χ0n) is 11.0. The first-order chi connectivity index (χ1) is 7.97. The van der Waals surface area contributed by atoms with E-state index in [4.69, 9.17) is 5.73 Å². The van der Waals surface area contributed by atoms with Crippen molar-refractivity contribution in [2.45, 2.75) is 64.2 Å². The van der Waals surface area contributed by atoms with E-state index in [1.807, 2.05) is 0 Å². The van der Waals surface area contributed by atoms with Gasteiger partial charge in [-0.2, -0.15) is 9.97 Å². The first kappa shape index (κ1) is 12.3. The summed E-state index contributed by atoms with van der Waals surface area (Å²) in [5.74, 6) is 2.56. The quantitative estimate of drug-likeness (QED) is 0.811. The molecule has 0 radical (unpaired) electrons. The molecule has 1 aromatic heterocycles. The molecule has 0 saturated heterocycles. The summed E-state index contributed by atoms with van der Waals surface area (Å²) >= 11 is 0. The van der Waals surface area contributed by atoms with Crippen LogP contribution in [-0.2, 0) is 5.41 Å². The standard InChI is InChI=1S/C13H22N4/c1-13(2,3)11-15-10(16-12(14)17-11)9-7-5-4-6-8-9/h9H,4-8H2,1-3H3,(H2,14,15,16,17). The van der Waals surface area contributed by atoms with Crippen molar-refractivity contribution >= 4 is 5.95 Å². The molecule has 17 heavy (non-hydrogen) atoms. The number of rotatable bonds is 1. The van der Waals surface area contributed by atoms with Gasteiger partial charge in [0.15, 0.2) is 0 Å². The van der Waals surface area contributed by atoms with Crippen LogP contribution in [0.4, 0.5) is 5.95 Å². The monoisotopic (exact) mass is 234 g/mol. The molecule has 2 N–H and O–H groups in total. The minimum Gasteiger partial charge on any atom is -0.368 e. The lowest BCUT2D eigenvalue weighted by atomic mass is 9.88. The molecular weight excluding hydrogens is 212 g/mol. The zero-order chi connectivity index (χ0) is 12.5. The average Bonchev–Trinajstić information content (AvgIpc) is 2.28. The zero-order valence-corrected chi connectivity index (χ0v) is 11.0. The van der Waals surface area contributed by atoms with E-state index in [1.54, 1.807) is 0 Å². The van der Waals surface area contributed by atoms with Crippen LogP contribution in [0.25, 0.3) is 0 Å². The maximum atomic E-state index is 5.80. The van der Waals surface area contributed by atoms with E-state index in [9.17, 15) is 0 Å². The molecule has 0 unspecified atom stereocenters. The second-order valence-corrected chi connectivity index (χ2v) is 5.96. The van der Waals surface area contributed by atoms with E-state index in [2.05, 4.69) is 35.7 Å². The van der Waals surface area contributed by atoms with Gasteiger partial charge in [0.1, 0.15) is 11.6 Å². The fraction of sp³-hybridized carbons (Fsp3) is 0.769. The third-order valence-corrected chi connectivity index (χ3v) is 3.31. The van der Waals surface area contributed by atoms with Crippen molar-refractivity contribution in [3.05, 3.63) is 11.6 Å². The number of aromatic nitrogens is 3. The lowest BCUT2D eigenvalue weighted by molar-refractivity contribution is 0.422. The molecule has 1 heterocycles. The van der Waals surface area contributed by atoms with E-state index in [-0.39, 0.29) is 5.41 Å². The van der Waals surface area contributed by atoms with Gasteiger partial charge in [0, 0.05) is 11.3 Å². The van der Waals surface area contributed by atoms with Crippen LogP contribution >= 0.6 is 0 Å². The van der Waals surface area contributed by atoms with Crippen molar-refractivity contribution in [1.82, 2.24) is 15.0 Å². The molecule has 0 amide bonds. The summed E-state index contributed by atoms with van der Waals surface area (Å²) in [6.07, 6.45) is 6.27. The molecule has 1 fully saturated rings. The van der Waals surface area contributed by atoms with Crippen LogP contribution < -0.4 is 5.73 Å². The highest BCUT2D eigenvalue weighted by Gasteiger charge is 2.23. The Labute approximate surface area is 103 Å². The molecule has 1 aliphatic carbocycles. The third kappa shape index (κ3) is 2.93. The van der Waals surface area contributed by atoms with Crippen LogP contribution in [-0.4, -0.2) is 15.0 Å². The lowest BCUT2D eigenvalue weighted by Crippen LogP contribution is -2.21. The minimum absolute atomic E-state index is 0.0690. The predicted octanol–water partition coefficient (Wildman–Crippen LogP) is 2.80. The van der Waals surface area contributed by atoms with Crippen molar-refractivity contribution in [2.75, 3.05) is 5.73 Å². The number of hydrogen-bond acceptors (Lipinski definition) is 4. The molecule has 1 aromatic rings. The Bertz CT molecular complexity index is 389. The second kappa shape index (κ2) is 4.59. The molecule has 0 aliphatic heterocycles. The van der Waals surface area contributed by atoms with Crippen LogP contribution in [0.15, 0.2) is 0 Å². The van der Waals surface area contributed by atoms with Gasteiger partial charge in [-0.1, -0.05) is 40.0 Å². The Morgan fingerprint density at radius 2 is 1.65 bits per heavy atom. The van der Waals surface area contributed by atoms with Gasteiger partial charge in [-0.3, -0.25) is 0 Å². The van der Waals surface area contributed by atoms with Crippen LogP contribution in [0.2, 0.25) is 0 Å². The van der Waals surface area contributed by atoms with Gasteiger partial charge in [0.2, 0.25) is 5.95 Å². The van der Waals surface area contributed by atoms with Crippen LogP contribution in [0.5, 0.6) is 0 Å². The highest BCUT2D eigenvalue weighted by molar-refractivity contribution is 5.20. The average molecular weight is 234 g/mol. The fourth-order valence-corrected chi connectivity index (χ4v) is 2.29. The number of nitrogen functional groups attached to an aromatic ring is 1. The van der Waals surface area contributed by atoms with Gasteiger partial charge in [-0.15, -0.1) is 0 Å². The van der Waals surface area contributed by atoms with Gasteiger partial charge in [0.05, 0.1) is 0 Å². The lowest BCUT2D eigenvalue weighted by Gasteiger charge is -2.23. The fourth-order valence-electron chi connectivity index (χ4n) is 2.29. The Morgan fingerprint density at radius 3 is 2.24 bits per heavy atom. The summed E-state index contributed by atoms with van der Waals surface area (Å²) < 4.78 is 0. The largest absolute Gasteiger partial charge is 0.368 e. The second-order valence-electron chi connectivity index (χ2n) is 5.96.